The number of pyridine rings is 1. The van der Waals surface area contributed by atoms with Gasteiger partial charge in [0.25, 0.3) is 5.91 Å². The summed E-state index contributed by atoms with van der Waals surface area (Å²) in [5.41, 5.74) is 1.19. The molecule has 24 heavy (non-hydrogen) atoms. The molecule has 1 aliphatic heterocycles. The molecule has 2 unspecified atom stereocenters. The van der Waals surface area contributed by atoms with Crippen molar-refractivity contribution in [3.63, 3.8) is 0 Å². The van der Waals surface area contributed by atoms with Crippen molar-refractivity contribution in [3.8, 4) is 0 Å². The SMILES string of the molecule is CCOC1CC(O)C12CCN(C(=O)c1ccc3nncn3c1)CC2. The summed E-state index contributed by atoms with van der Waals surface area (Å²) in [6, 6.07) is 3.59. The summed E-state index contributed by atoms with van der Waals surface area (Å²) < 4.78 is 7.53. The minimum atomic E-state index is -0.306. The van der Waals surface area contributed by atoms with Gasteiger partial charge in [-0.1, -0.05) is 0 Å². The molecule has 3 heterocycles. The minimum absolute atomic E-state index is 0.0159. The van der Waals surface area contributed by atoms with Crippen LogP contribution in [0.2, 0.25) is 0 Å². The van der Waals surface area contributed by atoms with Crippen LogP contribution < -0.4 is 0 Å². The summed E-state index contributed by atoms with van der Waals surface area (Å²) in [5, 5.41) is 18.0. The van der Waals surface area contributed by atoms with Gasteiger partial charge in [0.15, 0.2) is 5.65 Å². The van der Waals surface area contributed by atoms with Crippen LogP contribution in [0.25, 0.3) is 5.65 Å². The molecule has 1 saturated carbocycles. The molecule has 1 saturated heterocycles. The number of rotatable bonds is 3. The summed E-state index contributed by atoms with van der Waals surface area (Å²) in [6.07, 6.45) is 5.48. The van der Waals surface area contributed by atoms with E-state index < -0.39 is 0 Å². The van der Waals surface area contributed by atoms with Gasteiger partial charge < -0.3 is 14.7 Å². The Labute approximate surface area is 140 Å². The number of aliphatic hydroxyl groups excluding tert-OH is 1. The van der Waals surface area contributed by atoms with E-state index in [1.165, 1.54) is 0 Å². The second-order valence-electron chi connectivity index (χ2n) is 6.74. The van der Waals surface area contributed by atoms with Gasteiger partial charge in [-0.15, -0.1) is 10.2 Å². The van der Waals surface area contributed by atoms with Gasteiger partial charge in [0.1, 0.15) is 6.33 Å². The molecule has 2 aromatic heterocycles. The zero-order valence-corrected chi connectivity index (χ0v) is 13.8. The van der Waals surface area contributed by atoms with Gasteiger partial charge in [-0.2, -0.15) is 0 Å². The third-order valence-electron chi connectivity index (χ3n) is 5.63. The Kier molecular flexibility index (Phi) is 3.77. The number of nitrogens with zero attached hydrogens (tertiary/aromatic N) is 4. The van der Waals surface area contributed by atoms with Crippen molar-refractivity contribution in [2.45, 2.75) is 38.4 Å². The third kappa shape index (κ3) is 2.31. The van der Waals surface area contributed by atoms with Gasteiger partial charge in [0.05, 0.1) is 17.8 Å². The Balaban J connectivity index is 1.46. The second-order valence-corrected chi connectivity index (χ2v) is 6.74. The molecule has 7 nitrogen and oxygen atoms in total. The number of hydrogen-bond donors (Lipinski definition) is 1. The molecule has 1 amide bonds. The van der Waals surface area contributed by atoms with E-state index in [9.17, 15) is 9.90 Å². The third-order valence-corrected chi connectivity index (χ3v) is 5.63. The molecular weight excluding hydrogens is 308 g/mol. The molecule has 128 valence electrons. The van der Waals surface area contributed by atoms with Crippen molar-refractivity contribution >= 4 is 11.6 Å². The second kappa shape index (κ2) is 5.82. The number of piperidine rings is 1. The van der Waals surface area contributed by atoms with E-state index in [-0.39, 0.29) is 23.5 Å². The number of ether oxygens (including phenoxy) is 1. The molecule has 0 bridgehead atoms. The number of amides is 1. The number of fused-ring (bicyclic) bond motifs is 1. The van der Waals surface area contributed by atoms with Gasteiger partial charge in [-0.05, 0) is 31.9 Å². The van der Waals surface area contributed by atoms with Gasteiger partial charge in [0.2, 0.25) is 0 Å². The van der Waals surface area contributed by atoms with Crippen LogP contribution in [-0.4, -0.2) is 62.4 Å². The average Bonchev–Trinajstić information content (AvgIpc) is 3.09. The predicted molar refractivity (Wildman–Crippen MR) is 86.6 cm³/mol. The first-order valence-corrected chi connectivity index (χ1v) is 8.52. The van der Waals surface area contributed by atoms with E-state index in [1.54, 1.807) is 29.1 Å². The van der Waals surface area contributed by atoms with E-state index in [0.717, 1.165) is 18.5 Å². The van der Waals surface area contributed by atoms with Crippen molar-refractivity contribution in [2.75, 3.05) is 19.7 Å². The van der Waals surface area contributed by atoms with E-state index in [2.05, 4.69) is 10.2 Å². The first kappa shape index (κ1) is 15.5. The predicted octanol–water partition coefficient (Wildman–Crippen LogP) is 1.12. The van der Waals surface area contributed by atoms with Crippen LogP contribution >= 0.6 is 0 Å². The van der Waals surface area contributed by atoms with E-state index in [0.29, 0.717) is 31.7 Å². The van der Waals surface area contributed by atoms with Gasteiger partial charge in [-0.3, -0.25) is 9.20 Å². The topological polar surface area (TPSA) is 80.0 Å². The van der Waals surface area contributed by atoms with Crippen LogP contribution in [0.5, 0.6) is 0 Å². The van der Waals surface area contributed by atoms with Crippen LogP contribution in [-0.2, 0) is 4.74 Å². The molecule has 2 aliphatic rings. The Morgan fingerprint density at radius 1 is 1.42 bits per heavy atom. The first-order chi connectivity index (χ1) is 11.6. The highest BCUT2D eigenvalue weighted by atomic mass is 16.5. The van der Waals surface area contributed by atoms with Crippen LogP contribution in [0.15, 0.2) is 24.7 Å². The molecule has 2 atom stereocenters. The lowest BCUT2D eigenvalue weighted by atomic mass is 9.58. The quantitative estimate of drug-likeness (QED) is 0.912. The molecule has 0 radical (unpaired) electrons. The zero-order chi connectivity index (χ0) is 16.7. The number of carbonyl (C=O) groups is 1. The number of aliphatic hydroxyl groups is 1. The van der Waals surface area contributed by atoms with Crippen LogP contribution in [0, 0.1) is 5.41 Å². The number of hydrogen-bond acceptors (Lipinski definition) is 5. The fourth-order valence-electron chi connectivity index (χ4n) is 4.08. The largest absolute Gasteiger partial charge is 0.392 e. The molecule has 2 aromatic rings. The van der Waals surface area contributed by atoms with Crippen molar-refractivity contribution in [1.82, 2.24) is 19.5 Å². The van der Waals surface area contributed by atoms with Crippen molar-refractivity contribution < 1.29 is 14.6 Å². The molecule has 0 aromatic carbocycles. The molecule has 4 rings (SSSR count). The lowest BCUT2D eigenvalue weighted by molar-refractivity contribution is -0.207. The Hall–Kier alpha value is -1.99. The van der Waals surface area contributed by atoms with Gasteiger partial charge in [-0.25, -0.2) is 0 Å². The monoisotopic (exact) mass is 330 g/mol. The molecule has 1 spiro atoms. The fourth-order valence-corrected chi connectivity index (χ4v) is 4.08. The van der Waals surface area contributed by atoms with Crippen molar-refractivity contribution in [3.05, 3.63) is 30.2 Å². The highest BCUT2D eigenvalue weighted by Gasteiger charge is 2.56. The van der Waals surface area contributed by atoms with Crippen LogP contribution in [0.3, 0.4) is 0 Å². The Morgan fingerprint density at radius 3 is 2.92 bits per heavy atom. The normalized spacial score (nSPS) is 25.8. The summed E-state index contributed by atoms with van der Waals surface area (Å²) in [5.74, 6) is 0.0159. The van der Waals surface area contributed by atoms with Crippen LogP contribution in [0.1, 0.15) is 36.5 Å². The maximum Gasteiger partial charge on any atom is 0.255 e. The molecular formula is C17H22N4O3. The lowest BCUT2D eigenvalue weighted by Crippen LogP contribution is -2.62. The summed E-state index contributed by atoms with van der Waals surface area (Å²) in [7, 11) is 0. The average molecular weight is 330 g/mol. The van der Waals surface area contributed by atoms with E-state index >= 15 is 0 Å². The zero-order valence-electron chi connectivity index (χ0n) is 13.8. The highest BCUT2D eigenvalue weighted by molar-refractivity contribution is 5.94. The lowest BCUT2D eigenvalue weighted by Gasteiger charge is -2.56. The van der Waals surface area contributed by atoms with Crippen LogP contribution in [0.4, 0.5) is 0 Å². The van der Waals surface area contributed by atoms with Gasteiger partial charge >= 0.3 is 0 Å². The number of carbonyl (C=O) groups excluding carboxylic acids is 1. The molecule has 1 aliphatic carbocycles. The highest BCUT2D eigenvalue weighted by Crippen LogP contribution is 2.51. The standard InChI is InChI=1S/C17H22N4O3/c1-2-24-14-9-13(22)17(14)5-7-20(8-6-17)16(23)12-3-4-15-19-18-11-21(15)10-12/h3-4,10-11,13-14,22H,2,5-9H2,1H3. The number of likely N-dealkylation sites (tertiary alicyclic amines) is 1. The van der Waals surface area contributed by atoms with Crippen molar-refractivity contribution in [2.24, 2.45) is 5.41 Å². The maximum atomic E-state index is 12.7. The smallest absolute Gasteiger partial charge is 0.255 e. The van der Waals surface area contributed by atoms with Crippen molar-refractivity contribution in [1.29, 1.82) is 0 Å². The minimum Gasteiger partial charge on any atom is -0.392 e. The first-order valence-electron chi connectivity index (χ1n) is 8.52. The molecule has 1 N–H and O–H groups in total. The number of aromatic nitrogens is 3. The van der Waals surface area contributed by atoms with Gasteiger partial charge in [0, 0.05) is 37.7 Å². The summed E-state index contributed by atoms with van der Waals surface area (Å²) >= 11 is 0. The summed E-state index contributed by atoms with van der Waals surface area (Å²) in [6.45, 7) is 3.96. The van der Waals surface area contributed by atoms with E-state index in [1.807, 2.05) is 11.8 Å². The molecule has 2 fully saturated rings. The Morgan fingerprint density at radius 2 is 2.21 bits per heavy atom. The maximum absolute atomic E-state index is 12.7. The summed E-state index contributed by atoms with van der Waals surface area (Å²) in [4.78, 5) is 14.6. The van der Waals surface area contributed by atoms with E-state index in [4.69, 9.17) is 4.74 Å². The Bertz CT molecular complexity index is 749. The fraction of sp³-hybridized carbons (Fsp3) is 0.588. The molecule has 7 heteroatoms.